The van der Waals surface area contributed by atoms with E-state index in [1.54, 1.807) is 14.2 Å². The summed E-state index contributed by atoms with van der Waals surface area (Å²) < 4.78 is 11.1. The summed E-state index contributed by atoms with van der Waals surface area (Å²) in [5.41, 5.74) is 6.33. The van der Waals surface area contributed by atoms with E-state index >= 15 is 0 Å². The van der Waals surface area contributed by atoms with Crippen LogP contribution in [0.25, 0.3) is 0 Å². The van der Waals surface area contributed by atoms with Crippen molar-refractivity contribution in [3.05, 3.63) is 0 Å². The van der Waals surface area contributed by atoms with Crippen molar-refractivity contribution in [2.45, 2.75) is 171 Å². The minimum Gasteiger partial charge on any atom is -0.392 e. The van der Waals surface area contributed by atoms with Crippen LogP contribution in [-0.2, 0) is 14.3 Å². The van der Waals surface area contributed by atoms with E-state index in [-0.39, 0.29) is 29.4 Å². The molecule has 13 atom stereocenters. The number of ketones is 1. The van der Waals surface area contributed by atoms with Gasteiger partial charge in [0.15, 0.2) is 0 Å². The Morgan fingerprint density at radius 2 is 1.57 bits per heavy atom. The van der Waals surface area contributed by atoms with Crippen LogP contribution in [0.5, 0.6) is 0 Å². The molecule has 5 fully saturated rings. The topological polar surface area (TPSA) is 154 Å². The number of piperidine rings is 1. The van der Waals surface area contributed by atoms with Gasteiger partial charge in [-0.1, -0.05) is 38.5 Å². The first-order chi connectivity index (χ1) is 22.7. The number of rotatable bonds is 14. The normalized spacial score (nSPS) is 41.9. The molecule has 9 heteroatoms. The van der Waals surface area contributed by atoms with Crippen molar-refractivity contribution in [2.24, 2.45) is 46.7 Å². The number of nitrogens with one attached hydrogen (secondary N) is 1. The van der Waals surface area contributed by atoms with Crippen LogP contribution < -0.4 is 11.1 Å². The van der Waals surface area contributed by atoms with Crippen LogP contribution in [0.3, 0.4) is 0 Å². The molecule has 5 aliphatic rings. The van der Waals surface area contributed by atoms with E-state index in [1.807, 2.05) is 0 Å². The average molecular weight is 665 g/mol. The standard InChI is InChI=1S/C38H68N2O7/c1-46-33-21-25(10-13-29(33)41)11-14-30(42)36(31(43)15-12-26-20-32(44)37(45)34(22-26)47-2)38(28-16-18-40-35(39)23-28)17-6-9-27(38)19-24-7-4-3-5-8-24/h24-30,32-37,40-42,44-45H,3-23,39H2,1-2H3. The Bertz CT molecular complexity index is 964. The third-order valence-electron chi connectivity index (χ3n) is 13.8. The largest absolute Gasteiger partial charge is 0.392 e. The third-order valence-corrected chi connectivity index (χ3v) is 13.8. The lowest BCUT2D eigenvalue weighted by Crippen LogP contribution is -2.55. The van der Waals surface area contributed by atoms with E-state index in [2.05, 4.69) is 5.32 Å². The Kier molecular flexibility index (Phi) is 14.0. The molecule has 0 radical (unpaired) electrons. The highest BCUT2D eigenvalue weighted by Crippen LogP contribution is 2.60. The molecule has 4 aliphatic carbocycles. The summed E-state index contributed by atoms with van der Waals surface area (Å²) >= 11 is 0. The molecule has 47 heavy (non-hydrogen) atoms. The molecule has 1 aliphatic heterocycles. The fourth-order valence-electron chi connectivity index (χ4n) is 11.4. The fraction of sp³-hybridized carbons (Fsp3) is 0.974. The summed E-state index contributed by atoms with van der Waals surface area (Å²) in [7, 11) is 3.24. The van der Waals surface area contributed by atoms with Crippen LogP contribution in [0, 0.1) is 40.9 Å². The smallest absolute Gasteiger partial charge is 0.139 e. The van der Waals surface area contributed by atoms with E-state index in [1.165, 1.54) is 32.1 Å². The van der Waals surface area contributed by atoms with Gasteiger partial charge in [0.2, 0.25) is 0 Å². The predicted octanol–water partition coefficient (Wildman–Crippen LogP) is 4.46. The maximum Gasteiger partial charge on any atom is 0.139 e. The number of aliphatic hydroxyl groups excluding tert-OH is 4. The molecule has 1 saturated heterocycles. The minimum atomic E-state index is -0.897. The number of carbonyl (C=O) groups excluding carboxylic acids is 1. The van der Waals surface area contributed by atoms with Gasteiger partial charge in [-0.25, -0.2) is 0 Å². The predicted molar refractivity (Wildman–Crippen MR) is 182 cm³/mol. The Labute approximate surface area is 284 Å². The molecule has 7 N–H and O–H groups in total. The van der Waals surface area contributed by atoms with Crippen LogP contribution in [0.2, 0.25) is 0 Å². The quantitative estimate of drug-likeness (QED) is 0.158. The van der Waals surface area contributed by atoms with Gasteiger partial charge >= 0.3 is 0 Å². The Morgan fingerprint density at radius 3 is 2.30 bits per heavy atom. The van der Waals surface area contributed by atoms with Gasteiger partial charge in [0.25, 0.3) is 0 Å². The number of hydrogen-bond acceptors (Lipinski definition) is 9. The lowest BCUT2D eigenvalue weighted by molar-refractivity contribution is -0.144. The molecule has 272 valence electrons. The number of Topliss-reactive ketones (excluding diaryl/α,β-unsaturated/α-hetero) is 1. The van der Waals surface area contributed by atoms with Crippen LogP contribution >= 0.6 is 0 Å². The van der Waals surface area contributed by atoms with Gasteiger partial charge in [0.1, 0.15) is 11.9 Å². The zero-order valence-corrected chi connectivity index (χ0v) is 29.4. The molecule has 9 nitrogen and oxygen atoms in total. The summed E-state index contributed by atoms with van der Waals surface area (Å²) in [4.78, 5) is 14.9. The number of hydrogen-bond donors (Lipinski definition) is 6. The summed E-state index contributed by atoms with van der Waals surface area (Å²) in [6.45, 7) is 0.851. The summed E-state index contributed by atoms with van der Waals surface area (Å²) in [6.07, 6.45) is 15.1. The van der Waals surface area contributed by atoms with E-state index in [4.69, 9.17) is 15.2 Å². The lowest BCUT2D eigenvalue weighted by atomic mass is 9.53. The summed E-state index contributed by atoms with van der Waals surface area (Å²) in [5.74, 6) is 1.62. The van der Waals surface area contributed by atoms with Crippen LogP contribution in [0.15, 0.2) is 0 Å². The molecule has 0 bridgehead atoms. The van der Waals surface area contributed by atoms with Gasteiger partial charge in [0, 0.05) is 26.6 Å². The molecular formula is C38H68N2O7. The van der Waals surface area contributed by atoms with Crippen molar-refractivity contribution in [1.82, 2.24) is 5.32 Å². The first-order valence-corrected chi connectivity index (χ1v) is 19.5. The van der Waals surface area contributed by atoms with Crippen LogP contribution in [0.1, 0.15) is 128 Å². The Balaban J connectivity index is 1.40. The van der Waals surface area contributed by atoms with Crippen molar-refractivity contribution in [1.29, 1.82) is 0 Å². The summed E-state index contributed by atoms with van der Waals surface area (Å²) in [6, 6.07) is 0. The number of nitrogens with two attached hydrogens (primary N) is 1. The van der Waals surface area contributed by atoms with E-state index < -0.39 is 36.4 Å². The second kappa shape index (κ2) is 17.5. The molecule has 0 spiro atoms. The zero-order chi connectivity index (χ0) is 33.6. The molecule has 1 heterocycles. The molecule has 0 amide bonds. The number of aliphatic hydroxyl groups is 4. The zero-order valence-electron chi connectivity index (χ0n) is 29.4. The van der Waals surface area contributed by atoms with Crippen molar-refractivity contribution in [3.63, 3.8) is 0 Å². The molecule has 4 saturated carbocycles. The summed E-state index contributed by atoms with van der Waals surface area (Å²) in [5, 5.41) is 47.2. The maximum absolute atomic E-state index is 14.9. The van der Waals surface area contributed by atoms with Crippen molar-refractivity contribution < 1.29 is 34.7 Å². The highest BCUT2D eigenvalue weighted by molar-refractivity contribution is 5.82. The molecular weight excluding hydrogens is 596 g/mol. The highest BCUT2D eigenvalue weighted by atomic mass is 16.5. The second-order valence-corrected chi connectivity index (χ2v) is 16.5. The first kappa shape index (κ1) is 37.6. The fourth-order valence-corrected chi connectivity index (χ4v) is 11.4. The molecule has 5 rings (SSSR count). The molecule has 0 aromatic rings. The number of carbonyl (C=O) groups is 1. The van der Waals surface area contributed by atoms with Crippen molar-refractivity contribution >= 4 is 5.78 Å². The number of methoxy groups -OCH3 is 2. The number of ether oxygens (including phenoxy) is 2. The Morgan fingerprint density at radius 1 is 0.830 bits per heavy atom. The van der Waals surface area contributed by atoms with Gasteiger partial charge in [-0.05, 0) is 125 Å². The second-order valence-electron chi connectivity index (χ2n) is 16.5. The van der Waals surface area contributed by atoms with Gasteiger partial charge in [-0.2, -0.15) is 0 Å². The lowest BCUT2D eigenvalue weighted by Gasteiger charge is -2.52. The van der Waals surface area contributed by atoms with Crippen LogP contribution in [0.4, 0.5) is 0 Å². The highest BCUT2D eigenvalue weighted by Gasteiger charge is 2.57. The molecule has 0 aromatic heterocycles. The molecule has 0 aromatic carbocycles. The van der Waals surface area contributed by atoms with Gasteiger partial charge in [-0.3, -0.25) is 4.79 Å². The third kappa shape index (κ3) is 8.99. The minimum absolute atomic E-state index is 0.0876. The van der Waals surface area contributed by atoms with E-state index in [9.17, 15) is 25.2 Å². The van der Waals surface area contributed by atoms with Gasteiger partial charge in [-0.15, -0.1) is 0 Å². The monoisotopic (exact) mass is 665 g/mol. The molecule has 13 unspecified atom stereocenters. The average Bonchev–Trinajstić information content (AvgIpc) is 3.48. The van der Waals surface area contributed by atoms with Crippen molar-refractivity contribution in [2.75, 3.05) is 20.8 Å². The van der Waals surface area contributed by atoms with Crippen LogP contribution in [-0.4, -0.2) is 89.8 Å². The SMILES string of the molecule is COC1CC(CCC(O)C(C(=O)CCC2CC(O)C(O)C(OC)C2)C2(C3CCNC(N)C3)CCCC2CC2CCCCC2)CCC1O. The van der Waals surface area contributed by atoms with E-state index in [0.29, 0.717) is 62.2 Å². The maximum atomic E-state index is 14.9. The van der Waals surface area contributed by atoms with Crippen molar-refractivity contribution in [3.8, 4) is 0 Å². The van der Waals surface area contributed by atoms with Gasteiger partial charge < -0.3 is 41.0 Å². The van der Waals surface area contributed by atoms with Gasteiger partial charge in [0.05, 0.1) is 36.7 Å². The Hall–Kier alpha value is -0.650. The van der Waals surface area contributed by atoms with E-state index in [0.717, 1.165) is 64.3 Å². The first-order valence-electron chi connectivity index (χ1n) is 19.5.